The Kier molecular flexibility index (Phi) is 6.14. The summed E-state index contributed by atoms with van der Waals surface area (Å²) >= 11 is 0. The van der Waals surface area contributed by atoms with Crippen LogP contribution in [0.4, 0.5) is 15.8 Å². The highest BCUT2D eigenvalue weighted by Crippen LogP contribution is 2.25. The van der Waals surface area contributed by atoms with Crippen LogP contribution in [0.2, 0.25) is 0 Å². The molecule has 8 heteroatoms. The summed E-state index contributed by atoms with van der Waals surface area (Å²) < 4.78 is 41.8. The first kappa shape index (κ1) is 21.8. The molecule has 4 rings (SSSR count). The van der Waals surface area contributed by atoms with Crippen molar-refractivity contribution in [3.05, 3.63) is 89.7 Å². The van der Waals surface area contributed by atoms with E-state index >= 15 is 0 Å². The second-order valence-electron chi connectivity index (χ2n) is 7.68. The lowest BCUT2D eigenvalue weighted by Crippen LogP contribution is -2.48. The van der Waals surface area contributed by atoms with E-state index in [1.807, 2.05) is 30.3 Å². The van der Waals surface area contributed by atoms with E-state index < -0.39 is 15.8 Å². The number of amides is 1. The number of halogens is 1. The van der Waals surface area contributed by atoms with Crippen LogP contribution in [0.3, 0.4) is 0 Å². The summed E-state index contributed by atoms with van der Waals surface area (Å²) in [5.41, 5.74) is 1.89. The third-order valence-corrected chi connectivity index (χ3v) is 7.04. The summed E-state index contributed by atoms with van der Waals surface area (Å²) in [5, 5.41) is 0. The van der Waals surface area contributed by atoms with Crippen molar-refractivity contribution >= 4 is 27.3 Å². The summed E-state index contributed by atoms with van der Waals surface area (Å²) in [7, 11) is -3.99. The molecule has 6 nitrogen and oxygen atoms in total. The molecule has 1 heterocycles. The fraction of sp³-hybridized carbons (Fsp3) is 0.208. The van der Waals surface area contributed by atoms with Gasteiger partial charge in [-0.3, -0.25) is 9.52 Å². The number of sulfonamides is 1. The van der Waals surface area contributed by atoms with Gasteiger partial charge in [0.05, 0.1) is 16.1 Å². The molecule has 3 aromatic rings. The van der Waals surface area contributed by atoms with Crippen molar-refractivity contribution in [1.82, 2.24) is 4.90 Å². The quantitative estimate of drug-likeness (QED) is 0.636. The number of carbonyl (C=O) groups excluding carboxylic acids is 1. The first-order chi connectivity index (χ1) is 15.3. The Morgan fingerprint density at radius 2 is 1.56 bits per heavy atom. The van der Waals surface area contributed by atoms with E-state index in [0.717, 1.165) is 17.8 Å². The first-order valence-electron chi connectivity index (χ1n) is 10.3. The zero-order valence-electron chi connectivity index (χ0n) is 17.7. The molecule has 1 amide bonds. The van der Waals surface area contributed by atoms with Crippen LogP contribution < -0.4 is 9.62 Å². The SMILES string of the molecule is Cc1cc(F)ccc1S(=O)(=O)Nc1ccccc1C(=O)N1CCN(c2ccccc2)CC1. The standard InChI is InChI=1S/C24H24FN3O3S/c1-18-17-19(25)11-12-23(18)32(30,31)26-22-10-6-5-9-21(22)24(29)28-15-13-27(14-16-28)20-7-3-2-4-8-20/h2-12,17,26H,13-16H2,1H3. The number of carbonyl (C=O) groups is 1. The van der Waals surface area contributed by atoms with Gasteiger partial charge >= 0.3 is 0 Å². The number of nitrogens with zero attached hydrogens (tertiary/aromatic N) is 2. The number of para-hydroxylation sites is 2. The highest BCUT2D eigenvalue weighted by molar-refractivity contribution is 7.92. The number of piperazine rings is 1. The van der Waals surface area contributed by atoms with Crippen LogP contribution in [0.15, 0.2) is 77.7 Å². The number of hydrogen-bond acceptors (Lipinski definition) is 4. The molecule has 1 fully saturated rings. The van der Waals surface area contributed by atoms with E-state index in [1.165, 1.54) is 13.0 Å². The average Bonchev–Trinajstić information content (AvgIpc) is 2.79. The van der Waals surface area contributed by atoms with Gasteiger partial charge in [-0.05, 0) is 55.0 Å². The molecule has 0 radical (unpaired) electrons. The highest BCUT2D eigenvalue weighted by atomic mass is 32.2. The van der Waals surface area contributed by atoms with E-state index in [4.69, 9.17) is 0 Å². The van der Waals surface area contributed by atoms with Gasteiger partial charge in [-0.2, -0.15) is 0 Å². The van der Waals surface area contributed by atoms with Crippen LogP contribution in [-0.2, 0) is 10.0 Å². The fourth-order valence-electron chi connectivity index (χ4n) is 3.85. The molecular weight excluding hydrogens is 429 g/mol. The van der Waals surface area contributed by atoms with Crippen LogP contribution in [0.1, 0.15) is 15.9 Å². The third-order valence-electron chi connectivity index (χ3n) is 5.52. The van der Waals surface area contributed by atoms with Gasteiger partial charge in [0.2, 0.25) is 0 Å². The smallest absolute Gasteiger partial charge is 0.262 e. The second-order valence-corrected chi connectivity index (χ2v) is 9.33. The number of nitrogens with one attached hydrogen (secondary N) is 1. The minimum absolute atomic E-state index is 0.0300. The topological polar surface area (TPSA) is 69.7 Å². The van der Waals surface area contributed by atoms with Gasteiger partial charge < -0.3 is 9.80 Å². The number of aryl methyl sites for hydroxylation is 1. The lowest BCUT2D eigenvalue weighted by Gasteiger charge is -2.36. The van der Waals surface area contributed by atoms with Gasteiger partial charge in [0.1, 0.15) is 5.82 Å². The maximum Gasteiger partial charge on any atom is 0.262 e. The summed E-state index contributed by atoms with van der Waals surface area (Å²) in [6, 6.07) is 20.0. The van der Waals surface area contributed by atoms with Crippen molar-refractivity contribution in [2.24, 2.45) is 0 Å². The zero-order chi connectivity index (χ0) is 22.7. The van der Waals surface area contributed by atoms with Crippen LogP contribution in [0, 0.1) is 12.7 Å². The maximum atomic E-state index is 13.4. The molecule has 0 aromatic heterocycles. The average molecular weight is 454 g/mol. The molecule has 0 aliphatic carbocycles. The van der Waals surface area contributed by atoms with Crippen molar-refractivity contribution < 1.29 is 17.6 Å². The molecule has 1 saturated heterocycles. The van der Waals surface area contributed by atoms with Crippen LogP contribution in [0.25, 0.3) is 0 Å². The van der Waals surface area contributed by atoms with Crippen molar-refractivity contribution in [3.8, 4) is 0 Å². The van der Waals surface area contributed by atoms with Gasteiger partial charge in [0, 0.05) is 31.9 Å². The van der Waals surface area contributed by atoms with Crippen LogP contribution in [0.5, 0.6) is 0 Å². The number of rotatable bonds is 5. The third kappa shape index (κ3) is 4.60. The van der Waals surface area contributed by atoms with Gasteiger partial charge in [0.15, 0.2) is 0 Å². The van der Waals surface area contributed by atoms with Crippen LogP contribution >= 0.6 is 0 Å². The van der Waals surface area contributed by atoms with E-state index in [2.05, 4.69) is 9.62 Å². The molecular formula is C24H24FN3O3S. The Balaban J connectivity index is 1.52. The predicted octanol–water partition coefficient (Wildman–Crippen LogP) is 3.90. The minimum Gasteiger partial charge on any atom is -0.368 e. The molecule has 3 aromatic carbocycles. The Hall–Kier alpha value is -3.39. The second kappa shape index (κ2) is 9.00. The van der Waals surface area contributed by atoms with Crippen LogP contribution in [-0.4, -0.2) is 45.4 Å². The zero-order valence-corrected chi connectivity index (χ0v) is 18.5. The van der Waals surface area contributed by atoms with E-state index in [0.29, 0.717) is 31.7 Å². The Labute approximate surface area is 187 Å². The lowest BCUT2D eigenvalue weighted by atomic mass is 10.1. The minimum atomic E-state index is -3.99. The van der Waals surface area contributed by atoms with E-state index in [9.17, 15) is 17.6 Å². The maximum absolute atomic E-state index is 13.4. The number of anilines is 2. The van der Waals surface area contributed by atoms with Crippen molar-refractivity contribution in [1.29, 1.82) is 0 Å². The van der Waals surface area contributed by atoms with E-state index in [-0.39, 0.29) is 22.1 Å². The Morgan fingerprint density at radius 1 is 0.906 bits per heavy atom. The molecule has 0 unspecified atom stereocenters. The molecule has 0 bridgehead atoms. The number of hydrogen-bond donors (Lipinski definition) is 1. The van der Waals surface area contributed by atoms with Gasteiger partial charge in [-0.25, -0.2) is 12.8 Å². The summed E-state index contributed by atoms with van der Waals surface area (Å²) in [5.74, 6) is -0.737. The lowest BCUT2D eigenvalue weighted by molar-refractivity contribution is 0.0748. The summed E-state index contributed by atoms with van der Waals surface area (Å²) in [4.78, 5) is 17.1. The van der Waals surface area contributed by atoms with E-state index in [1.54, 1.807) is 29.2 Å². The molecule has 32 heavy (non-hydrogen) atoms. The molecule has 166 valence electrons. The number of benzene rings is 3. The molecule has 0 saturated carbocycles. The van der Waals surface area contributed by atoms with Crippen molar-refractivity contribution in [2.75, 3.05) is 35.8 Å². The molecule has 1 N–H and O–H groups in total. The first-order valence-corrected chi connectivity index (χ1v) is 11.8. The molecule has 1 aliphatic heterocycles. The summed E-state index contributed by atoms with van der Waals surface area (Å²) in [6.07, 6.45) is 0. The molecule has 0 spiro atoms. The van der Waals surface area contributed by atoms with Gasteiger partial charge in [-0.15, -0.1) is 0 Å². The Bertz CT molecular complexity index is 1220. The Morgan fingerprint density at radius 3 is 2.25 bits per heavy atom. The largest absolute Gasteiger partial charge is 0.368 e. The van der Waals surface area contributed by atoms with Gasteiger partial charge in [0.25, 0.3) is 15.9 Å². The van der Waals surface area contributed by atoms with Gasteiger partial charge in [-0.1, -0.05) is 30.3 Å². The normalized spacial score (nSPS) is 14.3. The molecule has 1 aliphatic rings. The summed E-state index contributed by atoms with van der Waals surface area (Å²) in [6.45, 7) is 3.98. The van der Waals surface area contributed by atoms with Crippen molar-refractivity contribution in [2.45, 2.75) is 11.8 Å². The highest BCUT2D eigenvalue weighted by Gasteiger charge is 2.26. The molecule has 0 atom stereocenters. The predicted molar refractivity (Wildman–Crippen MR) is 123 cm³/mol. The fourth-order valence-corrected chi connectivity index (χ4v) is 5.16. The monoisotopic (exact) mass is 453 g/mol. The van der Waals surface area contributed by atoms with Crippen molar-refractivity contribution in [3.63, 3.8) is 0 Å².